The number of oxazole rings is 4. The molecule has 12 heterocycles. The summed E-state index contributed by atoms with van der Waals surface area (Å²) in [5.74, 6) is -1.91. The zero-order valence-corrected chi connectivity index (χ0v) is 82.5. The summed E-state index contributed by atoms with van der Waals surface area (Å²) in [6.07, 6.45) is -15.6. The zero-order valence-electron chi connectivity index (χ0n) is 82.5. The molecule has 4 fully saturated rings. The molecule has 0 radical (unpaired) electrons. The number of likely N-dealkylation sites (tertiary alicyclic amines) is 4. The van der Waals surface area contributed by atoms with Gasteiger partial charge >= 0.3 is 36.6 Å². The van der Waals surface area contributed by atoms with Crippen molar-refractivity contribution in [3.05, 3.63) is 202 Å². The van der Waals surface area contributed by atoms with Gasteiger partial charge in [-0.25, -0.2) is 49.5 Å². The van der Waals surface area contributed by atoms with Crippen LogP contribution in [0.1, 0.15) is 211 Å². The largest absolute Gasteiger partial charge is 0.494 e. The van der Waals surface area contributed by atoms with Gasteiger partial charge in [-0.05, 0) is 177 Å². The normalized spacial score (nSPS) is 18.3. The molecular formula is C101H106F12N16O19. The number of hydrogen-bond acceptors (Lipinski definition) is 31. The molecule has 10 atom stereocenters. The molecule has 8 aromatic heterocycles. The highest BCUT2D eigenvalue weighted by Crippen LogP contribution is 2.47. The van der Waals surface area contributed by atoms with Crippen molar-refractivity contribution in [3.63, 3.8) is 0 Å². The predicted octanol–water partition coefficient (Wildman–Crippen LogP) is 18.0. The van der Waals surface area contributed by atoms with E-state index in [-0.39, 0.29) is 199 Å². The lowest BCUT2D eigenvalue weighted by Gasteiger charge is -2.32. The van der Waals surface area contributed by atoms with E-state index >= 15 is 0 Å². The van der Waals surface area contributed by atoms with Crippen molar-refractivity contribution in [3.8, 4) is 68.8 Å². The summed E-state index contributed by atoms with van der Waals surface area (Å²) in [6, 6.07) is 26.5. The summed E-state index contributed by atoms with van der Waals surface area (Å²) < 4.78 is 231. The number of aromatic nitrogens is 8. The molecule has 148 heavy (non-hydrogen) atoms. The van der Waals surface area contributed by atoms with E-state index in [1.165, 1.54) is 101 Å². The third-order valence-electron chi connectivity index (χ3n) is 25.3. The third-order valence-corrected chi connectivity index (χ3v) is 25.3. The minimum absolute atomic E-state index is 0.00273. The maximum atomic E-state index is 13.8. The minimum Gasteiger partial charge on any atom is -0.494 e. The molecule has 13 aromatic rings. The molecule has 5 aromatic carbocycles. The number of benzene rings is 5. The highest BCUT2D eigenvalue weighted by atomic mass is 19.4. The average molecular weight is 2080 g/mol. The Kier molecular flexibility index (Phi) is 32.9. The number of fused-ring (bicyclic) bond motifs is 4. The quantitative estimate of drug-likeness (QED) is 0.0305. The second-order valence-corrected chi connectivity index (χ2v) is 35.3. The second kappa shape index (κ2) is 44.6. The van der Waals surface area contributed by atoms with Crippen LogP contribution in [0.3, 0.4) is 0 Å². The van der Waals surface area contributed by atoms with Crippen molar-refractivity contribution in [1.29, 1.82) is 0 Å². The molecule has 0 saturated carbocycles. The van der Waals surface area contributed by atoms with E-state index in [0.29, 0.717) is 41.6 Å². The predicted molar refractivity (Wildman–Crippen MR) is 509 cm³/mol. The van der Waals surface area contributed by atoms with Crippen LogP contribution in [0.5, 0.6) is 23.0 Å². The van der Waals surface area contributed by atoms with Crippen LogP contribution in [0, 0.1) is 0 Å². The van der Waals surface area contributed by atoms with Crippen LogP contribution in [0.15, 0.2) is 145 Å². The van der Waals surface area contributed by atoms with Crippen molar-refractivity contribution in [2.45, 2.75) is 172 Å². The molecule has 0 aliphatic carbocycles. The first-order valence-corrected chi connectivity index (χ1v) is 46.6. The lowest BCUT2D eigenvalue weighted by Crippen LogP contribution is -2.52. The van der Waals surface area contributed by atoms with Crippen LogP contribution >= 0.6 is 0 Å². The van der Waals surface area contributed by atoms with E-state index in [1.807, 2.05) is 30.3 Å². The number of hydrogen-bond donors (Lipinski definition) is 4. The first kappa shape index (κ1) is 109. The minimum atomic E-state index is -4.67. The van der Waals surface area contributed by atoms with Gasteiger partial charge in [0.2, 0.25) is 23.6 Å². The molecule has 1 unspecified atom stereocenters. The highest BCUT2D eigenvalue weighted by Gasteiger charge is 2.53. The lowest BCUT2D eigenvalue weighted by atomic mass is 9.97. The van der Waals surface area contributed by atoms with Gasteiger partial charge in [0, 0.05) is 104 Å². The molecule has 8 N–H and O–H groups in total. The van der Waals surface area contributed by atoms with Gasteiger partial charge in [0.1, 0.15) is 79.4 Å². The Morgan fingerprint density at radius 1 is 0.412 bits per heavy atom. The summed E-state index contributed by atoms with van der Waals surface area (Å²) in [4.78, 5) is 119. The molecule has 0 bridgehead atoms. The number of halogens is 12. The van der Waals surface area contributed by atoms with Gasteiger partial charge in [-0.15, -0.1) is 0 Å². The van der Waals surface area contributed by atoms with Crippen molar-refractivity contribution in [1.82, 2.24) is 59.5 Å². The number of rotatable bonds is 25. The fourth-order valence-corrected chi connectivity index (χ4v) is 18.1. The summed E-state index contributed by atoms with van der Waals surface area (Å²) in [6.45, 7) is 13.5. The van der Waals surface area contributed by atoms with Gasteiger partial charge in [-0.1, -0.05) is 30.3 Å². The zero-order chi connectivity index (χ0) is 107. The maximum absolute atomic E-state index is 13.8. The van der Waals surface area contributed by atoms with Crippen LogP contribution in [0.4, 0.5) is 52.7 Å². The van der Waals surface area contributed by atoms with E-state index < -0.39 is 119 Å². The van der Waals surface area contributed by atoms with Crippen LogP contribution < -0.4 is 41.9 Å². The van der Waals surface area contributed by atoms with E-state index in [0.717, 1.165) is 55.5 Å². The van der Waals surface area contributed by atoms with Crippen LogP contribution in [-0.2, 0) is 58.0 Å². The lowest BCUT2D eigenvalue weighted by molar-refractivity contribution is -0.154. The van der Waals surface area contributed by atoms with Gasteiger partial charge in [-0.3, -0.25) is 19.2 Å². The standard InChI is InChI=1S/C27H25F3N4O3.C26H29F3N4O6.C25H27F3N4O6.C23H25F3N4O4/c1-15(31)24-23(26(35)34-14-6-9-19(34)16-7-4-3-5-8-16)33-25(37-24)18-10-12-20(36-2)22-17(18)11-13-21(32-22)27(28,29)30;1-6-38-24(35)25(3)11-14(36-4)12-33(25)23(34)20-21(13(2)30)39-22(32-20)16-7-9-17(37-5)19-15(16)8-10-18(31-19)26(27,28)29;1-5-37-24(34)16-10-13(35-3)11-32(16)23(33)20-21(12(2)29)38-22(31-20)15-6-8-17(36-4)19-14(15)7-9-18(30-19)25(26,27)28;1-12(27)20-19(22(31)30-10-4-5-13(30)11-32-2)29-21(34-20)15-6-8-16(33-3)18-14(15)7-9-17(28-18)23(24,25)26/h3-5,7-8,10-13,15,19H,6,9,14,31H2,1-2H3;7-10,13-14H,6,11-12,30H2,1-5H3;6-9,12-13,16H,5,10-11,29H2,1-4H3;6-9,12-13H,4-5,10-11,27H2,1-3H3/t15-,19+;13-,14+,25?;12-,13+,16-;12-,13-/m0000/s1. The summed E-state index contributed by atoms with van der Waals surface area (Å²) in [5, 5.41) is 1.20. The molecule has 4 aliphatic rings. The Morgan fingerprint density at radius 3 is 1.08 bits per heavy atom. The Labute approximate surface area is 837 Å². The Morgan fingerprint density at radius 2 is 0.750 bits per heavy atom. The van der Waals surface area contributed by atoms with Crippen LogP contribution in [0.2, 0.25) is 0 Å². The Bertz CT molecular complexity index is 7070. The second-order valence-electron chi connectivity index (χ2n) is 35.3. The smallest absolute Gasteiger partial charge is 0.433 e. The first-order chi connectivity index (χ1) is 70.2. The fraction of sp³-hybridized carbons (Fsp3) is 0.406. The molecule has 35 nitrogen and oxygen atoms in total. The van der Waals surface area contributed by atoms with Gasteiger partial charge in [0.05, 0.1) is 96.7 Å². The summed E-state index contributed by atoms with van der Waals surface area (Å²) >= 11 is 0. The average Bonchev–Trinajstić information content (AvgIpc) is 1.59. The van der Waals surface area contributed by atoms with E-state index in [1.54, 1.807) is 89.6 Å². The maximum Gasteiger partial charge on any atom is 0.433 e. The van der Waals surface area contributed by atoms with Crippen LogP contribution in [-0.4, -0.2) is 221 Å². The summed E-state index contributed by atoms with van der Waals surface area (Å²) in [7, 11) is 9.88. The van der Waals surface area contributed by atoms with Crippen LogP contribution in [0.25, 0.3) is 89.4 Å². The number of ether oxygens (including phenoxy) is 9. The van der Waals surface area contributed by atoms with Gasteiger partial charge in [0.25, 0.3) is 23.6 Å². The molecule has 4 aliphatic heterocycles. The van der Waals surface area contributed by atoms with Crippen molar-refractivity contribution >= 4 is 79.2 Å². The van der Waals surface area contributed by atoms with Crippen molar-refractivity contribution in [2.24, 2.45) is 22.9 Å². The van der Waals surface area contributed by atoms with E-state index in [4.69, 9.17) is 83.2 Å². The number of pyridine rings is 4. The third kappa shape index (κ3) is 22.5. The van der Waals surface area contributed by atoms with E-state index in [2.05, 4.69) is 39.9 Å². The number of amides is 4. The van der Waals surface area contributed by atoms with Gasteiger partial charge in [0.15, 0.2) is 45.8 Å². The molecule has 0 spiro atoms. The highest BCUT2D eigenvalue weighted by molar-refractivity contribution is 6.04. The van der Waals surface area contributed by atoms with E-state index in [9.17, 15) is 81.5 Å². The number of carbonyl (C=O) groups excluding carboxylic acids is 6. The first-order valence-electron chi connectivity index (χ1n) is 46.6. The number of nitrogens with zero attached hydrogens (tertiary/aromatic N) is 12. The molecule has 4 saturated heterocycles. The fourth-order valence-electron chi connectivity index (χ4n) is 18.1. The number of esters is 2. The number of alkyl halides is 12. The van der Waals surface area contributed by atoms with Crippen molar-refractivity contribution in [2.75, 3.05) is 95.8 Å². The monoisotopic (exact) mass is 2070 g/mol. The van der Waals surface area contributed by atoms with Gasteiger partial charge < -0.3 is 103 Å². The topological polar surface area (TPSA) is 458 Å². The Hall–Kier alpha value is -14.5. The Balaban J connectivity index is 0.000000156. The van der Waals surface area contributed by atoms with Gasteiger partial charge in [-0.2, -0.15) is 52.7 Å². The van der Waals surface area contributed by atoms with Crippen molar-refractivity contribution < 1.29 is 142 Å². The molecule has 4 amide bonds. The number of methoxy groups -OCH3 is 7. The number of nitrogens with two attached hydrogens (primary N) is 4. The molecular weight excluding hydrogens is 1970 g/mol. The molecule has 17 rings (SSSR count). The molecule has 47 heteroatoms. The summed E-state index contributed by atoms with van der Waals surface area (Å²) in [5.41, 5.74) is 21.0. The molecule has 788 valence electrons. The number of carbonyl (C=O) groups is 6. The SMILES string of the molecule is CCOC(=O)C1(C)C[C@@H](OC)CN1C(=O)c1nc(-c2ccc(OC)c3nc(C(F)(F)F)ccc23)oc1[C@H](C)N.CCOC(=O)[C@@H]1C[C@@H](OC)CN1C(=O)c1nc(-c2ccc(OC)c3nc(C(F)(F)F)ccc23)oc1[C@H](C)N.COC[C@@H]1CCCN1C(=O)c1nc(-c2ccc(OC)c3nc(C(F)(F)F)ccc23)oc1[C@H](C)N.COc1ccc(-c2nc(C(=O)N3CCC[C@@H]3c3ccccc3)c([C@H](C)N)o2)c2ccc(C(F)(F)F)nc12.